The number of hydrogen-bond donors (Lipinski definition) is 1. The van der Waals surface area contributed by atoms with Crippen LogP contribution in [-0.2, 0) is 9.59 Å². The van der Waals surface area contributed by atoms with Crippen molar-refractivity contribution in [2.24, 2.45) is 4.99 Å². The summed E-state index contributed by atoms with van der Waals surface area (Å²) in [6.07, 6.45) is 0.0983. The van der Waals surface area contributed by atoms with E-state index < -0.39 is 5.25 Å². The number of amides is 2. The predicted octanol–water partition coefficient (Wildman–Crippen LogP) is 4.19. The van der Waals surface area contributed by atoms with E-state index in [-0.39, 0.29) is 18.2 Å². The molecule has 8 heteroatoms. The second-order valence-corrected chi connectivity index (χ2v) is 8.61. The minimum absolute atomic E-state index is 0.0983. The number of aliphatic imine (C=N–C) groups is 1. The Morgan fingerprint density at radius 1 is 1.21 bits per heavy atom. The van der Waals surface area contributed by atoms with E-state index >= 15 is 0 Å². The molecule has 6 nitrogen and oxygen atoms in total. The number of fused-ring (bicyclic) bond motifs is 1. The maximum Gasteiger partial charge on any atom is 0.242 e. The lowest BCUT2D eigenvalue weighted by Crippen LogP contribution is -2.30. The summed E-state index contributed by atoms with van der Waals surface area (Å²) in [6.45, 7) is 1.93. The Kier molecular flexibility index (Phi) is 5.15. The van der Waals surface area contributed by atoms with E-state index in [0.29, 0.717) is 10.3 Å². The predicted molar refractivity (Wildman–Crippen MR) is 115 cm³/mol. The number of carbonyl (C=O) groups is 2. The Morgan fingerprint density at radius 2 is 1.96 bits per heavy atom. The number of rotatable bonds is 4. The number of benzene rings is 2. The molecule has 1 saturated heterocycles. The fourth-order valence-electron chi connectivity index (χ4n) is 2.87. The molecule has 1 unspecified atom stereocenters. The molecule has 1 aliphatic rings. The number of amidine groups is 1. The Bertz CT molecular complexity index is 1060. The van der Waals surface area contributed by atoms with Gasteiger partial charge in [-0.15, -0.1) is 0 Å². The van der Waals surface area contributed by atoms with Gasteiger partial charge in [0.05, 0.1) is 10.2 Å². The molecule has 0 spiro atoms. The highest BCUT2D eigenvalue weighted by atomic mass is 32.2. The molecule has 1 N–H and O–H groups in total. The lowest BCUT2D eigenvalue weighted by molar-refractivity contribution is -0.127. The number of aromatic nitrogens is 1. The monoisotopic (exact) mass is 410 g/mol. The summed E-state index contributed by atoms with van der Waals surface area (Å²) in [5.74, 6) is -0.306. The quantitative estimate of drug-likeness (QED) is 0.700. The fourth-order valence-corrected chi connectivity index (χ4v) is 4.90. The van der Waals surface area contributed by atoms with Gasteiger partial charge in [0.25, 0.3) is 0 Å². The minimum atomic E-state index is -0.484. The molecule has 3 aromatic rings. The maximum absolute atomic E-state index is 12.6. The number of nitrogens with one attached hydrogen (secondary N) is 1. The average molecular weight is 411 g/mol. The summed E-state index contributed by atoms with van der Waals surface area (Å²) in [5.41, 5.74) is 2.63. The molecule has 0 saturated carbocycles. The van der Waals surface area contributed by atoms with Gasteiger partial charge in [-0.2, -0.15) is 4.99 Å². The third-order valence-electron chi connectivity index (χ3n) is 4.40. The van der Waals surface area contributed by atoms with Crippen molar-refractivity contribution in [3.8, 4) is 0 Å². The second-order valence-electron chi connectivity index (χ2n) is 6.43. The first kappa shape index (κ1) is 18.6. The van der Waals surface area contributed by atoms with Gasteiger partial charge >= 0.3 is 0 Å². The zero-order chi connectivity index (χ0) is 19.7. The molecule has 28 heavy (non-hydrogen) atoms. The van der Waals surface area contributed by atoms with Gasteiger partial charge in [-0.25, -0.2) is 4.98 Å². The van der Waals surface area contributed by atoms with Crippen molar-refractivity contribution >= 4 is 61.1 Å². The van der Waals surface area contributed by atoms with Crippen LogP contribution in [0.5, 0.6) is 0 Å². The SMILES string of the molecule is Cc1ccccc1NC(=O)CC1S/C(=N/c2nc3ccccc3s2)N(C)C1=O. The van der Waals surface area contributed by atoms with Crippen molar-refractivity contribution in [1.29, 1.82) is 0 Å². The molecule has 2 amide bonds. The van der Waals surface area contributed by atoms with Crippen molar-refractivity contribution in [2.75, 3.05) is 12.4 Å². The summed E-state index contributed by atoms with van der Waals surface area (Å²) < 4.78 is 1.05. The first-order valence-electron chi connectivity index (χ1n) is 8.75. The number of nitrogens with zero attached hydrogens (tertiary/aromatic N) is 3. The zero-order valence-corrected chi connectivity index (χ0v) is 17.0. The van der Waals surface area contributed by atoms with E-state index in [9.17, 15) is 9.59 Å². The van der Waals surface area contributed by atoms with Gasteiger partial charge in [-0.05, 0) is 30.7 Å². The third kappa shape index (κ3) is 3.79. The lowest BCUT2D eigenvalue weighted by Gasteiger charge is -2.10. The highest BCUT2D eigenvalue weighted by Gasteiger charge is 2.37. The van der Waals surface area contributed by atoms with Crippen LogP contribution in [0.25, 0.3) is 10.2 Å². The van der Waals surface area contributed by atoms with Crippen LogP contribution in [0.15, 0.2) is 53.5 Å². The minimum Gasteiger partial charge on any atom is -0.326 e. The number of thioether (sulfide) groups is 1. The lowest BCUT2D eigenvalue weighted by atomic mass is 10.2. The van der Waals surface area contributed by atoms with Crippen LogP contribution in [0.2, 0.25) is 0 Å². The Hall–Kier alpha value is -2.71. The van der Waals surface area contributed by atoms with Gasteiger partial charge in [0, 0.05) is 19.2 Å². The van der Waals surface area contributed by atoms with E-state index in [4.69, 9.17) is 0 Å². The first-order valence-corrected chi connectivity index (χ1v) is 10.4. The number of anilines is 1. The Labute approximate surface area is 170 Å². The van der Waals surface area contributed by atoms with Crippen molar-refractivity contribution in [1.82, 2.24) is 9.88 Å². The Balaban J connectivity index is 1.47. The van der Waals surface area contributed by atoms with E-state index in [1.807, 2.05) is 55.5 Å². The molecule has 1 atom stereocenters. The zero-order valence-electron chi connectivity index (χ0n) is 15.4. The smallest absolute Gasteiger partial charge is 0.242 e. The van der Waals surface area contributed by atoms with Crippen molar-refractivity contribution in [3.63, 3.8) is 0 Å². The van der Waals surface area contributed by atoms with Gasteiger partial charge in [0.15, 0.2) is 5.17 Å². The second kappa shape index (κ2) is 7.73. The normalized spacial score (nSPS) is 18.2. The number of para-hydroxylation sites is 2. The number of hydrogen-bond acceptors (Lipinski definition) is 6. The van der Waals surface area contributed by atoms with E-state index in [0.717, 1.165) is 21.5 Å². The topological polar surface area (TPSA) is 74.7 Å². The van der Waals surface area contributed by atoms with E-state index in [1.54, 1.807) is 7.05 Å². The van der Waals surface area contributed by atoms with Crippen LogP contribution in [0, 0.1) is 6.92 Å². The molecule has 0 bridgehead atoms. The standard InChI is InChI=1S/C20H18N4O2S2/c1-12-7-3-4-8-13(12)21-17(25)11-16-18(26)24(2)20(28-16)23-19-22-14-9-5-6-10-15(14)27-19/h3-10,16H,11H2,1-2H3,(H,21,25)/b23-20+. The van der Waals surface area contributed by atoms with Crippen LogP contribution >= 0.6 is 23.1 Å². The highest BCUT2D eigenvalue weighted by Crippen LogP contribution is 2.33. The third-order valence-corrected chi connectivity index (χ3v) is 6.56. The number of thiazole rings is 1. The molecule has 1 aromatic heterocycles. The largest absolute Gasteiger partial charge is 0.326 e. The van der Waals surface area contributed by atoms with Gasteiger partial charge in [0.1, 0.15) is 5.25 Å². The van der Waals surface area contributed by atoms with Crippen molar-refractivity contribution in [3.05, 3.63) is 54.1 Å². The summed E-state index contributed by atoms with van der Waals surface area (Å²) in [4.78, 5) is 35.5. The first-order chi connectivity index (χ1) is 13.5. The van der Waals surface area contributed by atoms with Crippen LogP contribution in [0.3, 0.4) is 0 Å². The molecule has 2 aromatic carbocycles. The van der Waals surface area contributed by atoms with Gasteiger partial charge in [-0.3, -0.25) is 14.5 Å². The summed E-state index contributed by atoms with van der Waals surface area (Å²) in [5, 5.41) is 3.57. The number of aryl methyl sites for hydroxylation is 1. The summed E-state index contributed by atoms with van der Waals surface area (Å²) >= 11 is 2.78. The molecule has 142 valence electrons. The summed E-state index contributed by atoms with van der Waals surface area (Å²) in [6, 6.07) is 15.4. The molecule has 2 heterocycles. The summed E-state index contributed by atoms with van der Waals surface area (Å²) in [7, 11) is 1.68. The Morgan fingerprint density at radius 3 is 2.75 bits per heavy atom. The molecule has 0 aliphatic carbocycles. The fraction of sp³-hybridized carbons (Fsp3) is 0.200. The van der Waals surface area contributed by atoms with Crippen molar-refractivity contribution < 1.29 is 9.59 Å². The maximum atomic E-state index is 12.6. The van der Waals surface area contributed by atoms with E-state index in [2.05, 4.69) is 15.3 Å². The molecular formula is C20H18N4O2S2. The highest BCUT2D eigenvalue weighted by molar-refractivity contribution is 8.15. The van der Waals surface area contributed by atoms with Crippen molar-refractivity contribution in [2.45, 2.75) is 18.6 Å². The molecule has 1 aliphatic heterocycles. The van der Waals surface area contributed by atoms with Crippen LogP contribution < -0.4 is 5.32 Å². The van der Waals surface area contributed by atoms with Gasteiger partial charge < -0.3 is 5.32 Å². The van der Waals surface area contributed by atoms with Crippen LogP contribution in [-0.4, -0.2) is 39.2 Å². The molecule has 4 rings (SSSR count). The molecule has 0 radical (unpaired) electrons. The molecule has 1 fully saturated rings. The molecular weight excluding hydrogens is 392 g/mol. The van der Waals surface area contributed by atoms with E-state index in [1.165, 1.54) is 28.0 Å². The number of carbonyl (C=O) groups excluding carboxylic acids is 2. The van der Waals surface area contributed by atoms with Gasteiger partial charge in [-0.1, -0.05) is 53.4 Å². The van der Waals surface area contributed by atoms with Crippen LogP contribution in [0.1, 0.15) is 12.0 Å². The van der Waals surface area contributed by atoms with Crippen LogP contribution in [0.4, 0.5) is 10.8 Å². The van der Waals surface area contributed by atoms with Gasteiger partial charge in [0.2, 0.25) is 16.9 Å². The average Bonchev–Trinajstić information content (AvgIpc) is 3.20.